The van der Waals surface area contributed by atoms with Crippen LogP contribution in [0.3, 0.4) is 0 Å². The van der Waals surface area contributed by atoms with Crippen molar-refractivity contribution in [1.29, 1.82) is 0 Å². The molecule has 1 unspecified atom stereocenters. The van der Waals surface area contributed by atoms with Crippen LogP contribution in [-0.4, -0.2) is 28.0 Å². The molecule has 0 fully saturated rings. The zero-order valence-electron chi connectivity index (χ0n) is 5.69. The molecule has 0 saturated carbocycles. The molecule has 0 amide bonds. The maximum absolute atomic E-state index is 3.74. The molecule has 8 heavy (non-hydrogen) atoms. The molecule has 1 nitrogen and oxygen atoms in total. The summed E-state index contributed by atoms with van der Waals surface area (Å²) >= 11 is 0.309. The van der Waals surface area contributed by atoms with Gasteiger partial charge in [0, 0.05) is 0 Å². The van der Waals surface area contributed by atoms with Crippen molar-refractivity contribution in [3.8, 4) is 0 Å². The third-order valence-corrected chi connectivity index (χ3v) is 3.81. The van der Waals surface area contributed by atoms with E-state index in [0.29, 0.717) is 25.3 Å². The Morgan fingerprint density at radius 2 is 2.12 bits per heavy atom. The second kappa shape index (κ2) is 4.32. The first kappa shape index (κ1) is 8.43. The summed E-state index contributed by atoms with van der Waals surface area (Å²) in [4.78, 5) is 4.48. The Kier molecular flexibility index (Phi) is 4.56. The minimum absolute atomic E-state index is 0.309. The molecule has 0 heterocycles. The van der Waals surface area contributed by atoms with Crippen molar-refractivity contribution in [1.82, 2.24) is 4.90 Å². The van der Waals surface area contributed by atoms with Crippen molar-refractivity contribution in [3.63, 3.8) is 0 Å². The number of rotatable bonds is 3. The van der Waals surface area contributed by atoms with E-state index in [2.05, 4.69) is 30.5 Å². The van der Waals surface area contributed by atoms with Crippen molar-refractivity contribution < 1.29 is 21.2 Å². The molecule has 1 atom stereocenters. The molecule has 0 rings (SSSR count). The van der Waals surface area contributed by atoms with E-state index < -0.39 is 0 Å². The molecule has 0 aliphatic rings. The third-order valence-electron chi connectivity index (χ3n) is 0.911. The second-order valence-electron chi connectivity index (χ2n) is 1.79. The van der Waals surface area contributed by atoms with Gasteiger partial charge in [-0.2, -0.15) is 0 Å². The molecule has 50 valence electrons. The fourth-order valence-electron chi connectivity index (χ4n) is 0.495. The van der Waals surface area contributed by atoms with E-state index >= 15 is 0 Å². The molecule has 0 bridgehead atoms. The molecule has 0 aliphatic carbocycles. The zero-order valence-corrected chi connectivity index (χ0v) is 7.84. The minimum atomic E-state index is 0.309. The number of hydrogen-bond donors (Lipinski definition) is 0. The van der Waals surface area contributed by atoms with E-state index in [1.807, 2.05) is 6.08 Å². The van der Waals surface area contributed by atoms with Crippen LogP contribution in [0.1, 0.15) is 0 Å². The Bertz CT molecular complexity index is 70.9. The molecule has 2 heteroatoms. The number of likely N-dealkylation sites (N-methyl/N-ethyl adjacent to an activating group) is 1. The number of alkyl halides is 2. The second-order valence-corrected chi connectivity index (χ2v) is 4.31. The van der Waals surface area contributed by atoms with E-state index in [0.717, 1.165) is 0 Å². The van der Waals surface area contributed by atoms with Crippen LogP contribution in [0.2, 0.25) is 0 Å². The number of hydrogen-bond acceptors (Lipinski definition) is 1. The first-order valence-corrected chi connectivity index (χ1v) is 5.89. The van der Waals surface area contributed by atoms with Crippen LogP contribution in [-0.2, 0) is 0 Å². The van der Waals surface area contributed by atoms with E-state index in [-0.39, 0.29) is 0 Å². The van der Waals surface area contributed by atoms with Crippen molar-refractivity contribution in [3.05, 3.63) is 12.7 Å². The third kappa shape index (κ3) is 2.67. The van der Waals surface area contributed by atoms with Gasteiger partial charge in [0.05, 0.1) is 0 Å². The van der Waals surface area contributed by atoms with Gasteiger partial charge in [-0.25, -0.2) is 0 Å². The summed E-state index contributed by atoms with van der Waals surface area (Å²) < 4.78 is 0.661. The van der Waals surface area contributed by atoms with E-state index in [4.69, 9.17) is 0 Å². The summed E-state index contributed by atoms with van der Waals surface area (Å²) in [6, 6.07) is 0. The number of nitrogens with zero attached hydrogens (tertiary/aromatic N) is 1. The van der Waals surface area contributed by atoms with Crippen molar-refractivity contribution in [2.75, 3.05) is 19.0 Å². The van der Waals surface area contributed by atoms with Gasteiger partial charge in [0.15, 0.2) is 0 Å². The molecule has 0 radical (unpaired) electrons. The predicted octanol–water partition coefficient (Wildman–Crippen LogP) is -2.22. The van der Waals surface area contributed by atoms with E-state index in [1.165, 1.54) is 0 Å². The van der Waals surface area contributed by atoms with Crippen LogP contribution >= 0.6 is 0 Å². The SMILES string of the molecule is C=CC([I-]C)N(C)C. The Hall–Kier alpha value is 0.430. The van der Waals surface area contributed by atoms with Crippen LogP contribution in [0.5, 0.6) is 0 Å². The fourth-order valence-corrected chi connectivity index (χ4v) is 2.12. The Morgan fingerprint density at radius 1 is 1.62 bits per heavy atom. The van der Waals surface area contributed by atoms with Gasteiger partial charge in [-0.3, -0.25) is 0 Å². The van der Waals surface area contributed by atoms with Gasteiger partial charge in [0.25, 0.3) is 0 Å². The van der Waals surface area contributed by atoms with Crippen LogP contribution in [0.4, 0.5) is 0 Å². The summed E-state index contributed by atoms with van der Waals surface area (Å²) in [5, 5.41) is 0. The topological polar surface area (TPSA) is 3.24 Å². The first-order valence-electron chi connectivity index (χ1n) is 2.49. The molecule has 0 saturated heterocycles. The van der Waals surface area contributed by atoms with Gasteiger partial charge in [-0.15, -0.1) is 0 Å². The number of halogens is 1. The quantitative estimate of drug-likeness (QED) is 0.228. The molecular formula is C6H13IN-. The molecular weight excluding hydrogens is 213 g/mol. The van der Waals surface area contributed by atoms with Crippen molar-refractivity contribution >= 4 is 0 Å². The maximum atomic E-state index is 3.74. The van der Waals surface area contributed by atoms with Gasteiger partial charge in [0.2, 0.25) is 0 Å². The molecule has 0 N–H and O–H groups in total. The molecule has 0 aromatic rings. The molecule has 0 aromatic heterocycles. The van der Waals surface area contributed by atoms with Crippen molar-refractivity contribution in [2.24, 2.45) is 0 Å². The van der Waals surface area contributed by atoms with Crippen LogP contribution in [0.25, 0.3) is 0 Å². The summed E-state index contributed by atoms with van der Waals surface area (Å²) in [6.07, 6.45) is 2.02. The van der Waals surface area contributed by atoms with Gasteiger partial charge >= 0.3 is 61.8 Å². The van der Waals surface area contributed by atoms with Gasteiger partial charge in [-0.1, -0.05) is 0 Å². The standard InChI is InChI=1S/C6H13IN/c1-5-6(7-2)8(3)4/h5-6H,1H2,2-4H3/q-1. The van der Waals surface area contributed by atoms with E-state index in [9.17, 15) is 0 Å². The average molecular weight is 226 g/mol. The molecule has 0 aromatic carbocycles. The first-order chi connectivity index (χ1) is 3.72. The van der Waals surface area contributed by atoms with Crippen LogP contribution in [0.15, 0.2) is 12.7 Å². The predicted molar refractivity (Wildman–Crippen MR) is 33.6 cm³/mol. The van der Waals surface area contributed by atoms with Gasteiger partial charge < -0.3 is 0 Å². The molecule has 0 aliphatic heterocycles. The van der Waals surface area contributed by atoms with Gasteiger partial charge in [0.1, 0.15) is 0 Å². The van der Waals surface area contributed by atoms with Gasteiger partial charge in [-0.05, 0) is 0 Å². The Labute approximate surface area is 62.0 Å². The van der Waals surface area contributed by atoms with E-state index in [1.54, 1.807) is 0 Å². The zero-order chi connectivity index (χ0) is 6.57. The summed E-state index contributed by atoms with van der Waals surface area (Å²) in [5.74, 6) is 0. The fraction of sp³-hybridized carbons (Fsp3) is 0.667. The normalized spacial score (nSPS) is 14.5. The Balaban J connectivity index is 3.51. The summed E-state index contributed by atoms with van der Waals surface area (Å²) in [5.41, 5.74) is 0. The Morgan fingerprint density at radius 3 is 2.12 bits per heavy atom. The van der Waals surface area contributed by atoms with Crippen LogP contribution < -0.4 is 21.2 Å². The summed E-state index contributed by atoms with van der Waals surface area (Å²) in [6.45, 7) is 3.74. The average Bonchev–Trinajstić information content (AvgIpc) is 1.69. The monoisotopic (exact) mass is 226 g/mol. The van der Waals surface area contributed by atoms with Crippen LogP contribution in [0, 0.1) is 0 Å². The summed E-state index contributed by atoms with van der Waals surface area (Å²) in [7, 11) is 4.19. The molecule has 0 spiro atoms. The van der Waals surface area contributed by atoms with Crippen molar-refractivity contribution in [2.45, 2.75) is 4.05 Å².